The lowest BCUT2D eigenvalue weighted by Gasteiger charge is -2.10. The zero-order valence-corrected chi connectivity index (χ0v) is 11.1. The molecule has 1 amide bonds. The minimum Gasteiger partial charge on any atom is -0.361 e. The summed E-state index contributed by atoms with van der Waals surface area (Å²) in [5.41, 5.74) is 5.29. The number of carbonyl (C=O) groups excluding carboxylic acids is 1. The Morgan fingerprint density at radius 3 is 2.80 bits per heavy atom. The van der Waals surface area contributed by atoms with Crippen molar-refractivity contribution in [3.8, 4) is 0 Å². The molecular weight excluding hydrogens is 248 g/mol. The number of hydrogen-bond donors (Lipinski definition) is 2. The van der Waals surface area contributed by atoms with Crippen LogP contribution in [0.2, 0.25) is 0 Å². The van der Waals surface area contributed by atoms with Crippen LogP contribution in [0.5, 0.6) is 0 Å². The molecule has 2 N–H and O–H groups in total. The fourth-order valence-electron chi connectivity index (χ4n) is 2.99. The van der Waals surface area contributed by atoms with E-state index >= 15 is 0 Å². The number of benzene rings is 2. The molecule has 0 aliphatic carbocycles. The van der Waals surface area contributed by atoms with Gasteiger partial charge in [0, 0.05) is 28.2 Å². The molecule has 1 aromatic heterocycles. The molecule has 4 rings (SSSR count). The normalized spacial score (nSPS) is 17.2. The van der Waals surface area contributed by atoms with Gasteiger partial charge in [0.05, 0.1) is 6.04 Å². The van der Waals surface area contributed by atoms with Crippen LogP contribution in [0, 0.1) is 6.92 Å². The lowest BCUT2D eigenvalue weighted by Crippen LogP contribution is -2.19. The zero-order valence-electron chi connectivity index (χ0n) is 11.1. The molecule has 1 atom stereocenters. The number of carbonyl (C=O) groups is 1. The summed E-state index contributed by atoms with van der Waals surface area (Å²) >= 11 is 0. The predicted octanol–water partition coefficient (Wildman–Crippen LogP) is 3.31. The van der Waals surface area contributed by atoms with Crippen LogP contribution in [0.4, 0.5) is 0 Å². The maximum Gasteiger partial charge on any atom is 0.252 e. The standard InChI is InChI=1S/C17H14N2O/c1-10-6-7-11-14(9-18-15(11)8-10)16-12-4-2-3-5-13(12)17(20)19-16/h2-9,16,18H,1H3,(H,19,20)/t16-/m1/s1. The Labute approximate surface area is 116 Å². The predicted molar refractivity (Wildman–Crippen MR) is 78.8 cm³/mol. The Hall–Kier alpha value is -2.55. The summed E-state index contributed by atoms with van der Waals surface area (Å²) in [6, 6.07) is 14.1. The average Bonchev–Trinajstić information content (AvgIpc) is 3.00. The number of amides is 1. The van der Waals surface area contributed by atoms with Crippen molar-refractivity contribution in [1.82, 2.24) is 10.3 Å². The van der Waals surface area contributed by atoms with Crippen molar-refractivity contribution in [3.05, 3.63) is 70.9 Å². The molecule has 3 nitrogen and oxygen atoms in total. The monoisotopic (exact) mass is 262 g/mol. The van der Waals surface area contributed by atoms with Gasteiger partial charge in [0.15, 0.2) is 0 Å². The summed E-state index contributed by atoms with van der Waals surface area (Å²) in [5.74, 6) is 0.00654. The van der Waals surface area contributed by atoms with E-state index in [1.54, 1.807) is 0 Å². The molecule has 0 saturated heterocycles. The number of rotatable bonds is 1. The number of aromatic nitrogens is 1. The summed E-state index contributed by atoms with van der Waals surface area (Å²) < 4.78 is 0. The van der Waals surface area contributed by atoms with E-state index in [1.165, 1.54) is 5.56 Å². The average molecular weight is 262 g/mol. The molecule has 3 aromatic rings. The number of aryl methyl sites for hydroxylation is 1. The SMILES string of the molecule is Cc1ccc2c([C@@H]3NC(=O)c4ccccc43)c[nH]c2c1. The summed E-state index contributed by atoms with van der Waals surface area (Å²) in [6.45, 7) is 2.08. The minimum atomic E-state index is -0.0600. The van der Waals surface area contributed by atoms with Crippen LogP contribution in [-0.2, 0) is 0 Å². The van der Waals surface area contributed by atoms with E-state index in [0.717, 1.165) is 27.6 Å². The van der Waals surface area contributed by atoms with Crippen LogP contribution in [0.3, 0.4) is 0 Å². The van der Waals surface area contributed by atoms with Gasteiger partial charge in [-0.2, -0.15) is 0 Å². The van der Waals surface area contributed by atoms with E-state index in [-0.39, 0.29) is 11.9 Å². The Morgan fingerprint density at radius 2 is 1.90 bits per heavy atom. The Kier molecular flexibility index (Phi) is 2.24. The smallest absolute Gasteiger partial charge is 0.252 e. The van der Waals surface area contributed by atoms with Gasteiger partial charge >= 0.3 is 0 Å². The second-order valence-electron chi connectivity index (χ2n) is 5.29. The van der Waals surface area contributed by atoms with E-state index in [4.69, 9.17) is 0 Å². The highest BCUT2D eigenvalue weighted by Crippen LogP contribution is 2.34. The number of nitrogens with one attached hydrogen (secondary N) is 2. The van der Waals surface area contributed by atoms with Gasteiger partial charge in [-0.1, -0.05) is 30.3 Å². The maximum atomic E-state index is 12.0. The van der Waals surface area contributed by atoms with Crippen molar-refractivity contribution in [2.24, 2.45) is 0 Å². The van der Waals surface area contributed by atoms with Crippen molar-refractivity contribution in [2.75, 3.05) is 0 Å². The highest BCUT2D eigenvalue weighted by atomic mass is 16.2. The van der Waals surface area contributed by atoms with Crippen LogP contribution >= 0.6 is 0 Å². The van der Waals surface area contributed by atoms with Crippen molar-refractivity contribution < 1.29 is 4.79 Å². The number of fused-ring (bicyclic) bond motifs is 2. The number of H-pyrrole nitrogens is 1. The van der Waals surface area contributed by atoms with Gasteiger partial charge in [-0.3, -0.25) is 4.79 Å². The van der Waals surface area contributed by atoms with Crippen molar-refractivity contribution in [2.45, 2.75) is 13.0 Å². The summed E-state index contributed by atoms with van der Waals surface area (Å²) in [6.07, 6.45) is 2.00. The first-order chi connectivity index (χ1) is 9.74. The first-order valence-corrected chi connectivity index (χ1v) is 6.71. The van der Waals surface area contributed by atoms with Crippen LogP contribution in [-0.4, -0.2) is 10.9 Å². The molecule has 0 bridgehead atoms. The van der Waals surface area contributed by atoms with Crippen LogP contribution < -0.4 is 5.32 Å². The fraction of sp³-hybridized carbons (Fsp3) is 0.118. The molecule has 98 valence electrons. The van der Waals surface area contributed by atoms with E-state index in [9.17, 15) is 4.79 Å². The zero-order chi connectivity index (χ0) is 13.7. The lowest BCUT2D eigenvalue weighted by molar-refractivity contribution is 0.0960. The maximum absolute atomic E-state index is 12.0. The second kappa shape index (κ2) is 3.97. The van der Waals surface area contributed by atoms with E-state index < -0.39 is 0 Å². The molecule has 3 heteroatoms. The molecule has 20 heavy (non-hydrogen) atoms. The lowest BCUT2D eigenvalue weighted by atomic mass is 9.98. The molecule has 2 heterocycles. The first-order valence-electron chi connectivity index (χ1n) is 6.71. The van der Waals surface area contributed by atoms with Gasteiger partial charge in [-0.25, -0.2) is 0 Å². The van der Waals surface area contributed by atoms with E-state index in [2.05, 4.69) is 35.4 Å². The molecular formula is C17H14N2O. The third kappa shape index (κ3) is 1.50. The Bertz CT molecular complexity index is 832. The highest BCUT2D eigenvalue weighted by molar-refractivity contribution is 6.00. The minimum absolute atomic E-state index is 0.00654. The number of hydrogen-bond acceptors (Lipinski definition) is 1. The topological polar surface area (TPSA) is 44.9 Å². The van der Waals surface area contributed by atoms with E-state index in [0.29, 0.717) is 0 Å². The molecule has 1 aliphatic rings. The molecule has 1 aliphatic heterocycles. The van der Waals surface area contributed by atoms with Gasteiger partial charge in [0.25, 0.3) is 5.91 Å². The van der Waals surface area contributed by atoms with Crippen LogP contribution in [0.25, 0.3) is 10.9 Å². The third-order valence-corrected chi connectivity index (χ3v) is 3.97. The van der Waals surface area contributed by atoms with Gasteiger partial charge in [-0.05, 0) is 30.2 Å². The van der Waals surface area contributed by atoms with Crippen LogP contribution in [0.1, 0.15) is 33.1 Å². The molecule has 2 aromatic carbocycles. The third-order valence-electron chi connectivity index (χ3n) is 3.97. The van der Waals surface area contributed by atoms with Gasteiger partial charge in [0.2, 0.25) is 0 Å². The summed E-state index contributed by atoms with van der Waals surface area (Å²) in [5, 5.41) is 4.23. The van der Waals surface area contributed by atoms with Crippen molar-refractivity contribution >= 4 is 16.8 Å². The Morgan fingerprint density at radius 1 is 1.05 bits per heavy atom. The Balaban J connectivity index is 1.91. The molecule has 0 fully saturated rings. The molecule has 0 spiro atoms. The quantitative estimate of drug-likeness (QED) is 0.694. The van der Waals surface area contributed by atoms with Gasteiger partial charge in [0.1, 0.15) is 0 Å². The largest absolute Gasteiger partial charge is 0.361 e. The molecule has 0 radical (unpaired) electrons. The molecule has 0 saturated carbocycles. The van der Waals surface area contributed by atoms with Gasteiger partial charge in [-0.15, -0.1) is 0 Å². The summed E-state index contributed by atoms with van der Waals surface area (Å²) in [4.78, 5) is 15.3. The van der Waals surface area contributed by atoms with Crippen molar-refractivity contribution in [1.29, 1.82) is 0 Å². The molecule has 0 unspecified atom stereocenters. The highest BCUT2D eigenvalue weighted by Gasteiger charge is 2.30. The second-order valence-corrected chi connectivity index (χ2v) is 5.29. The van der Waals surface area contributed by atoms with Crippen LogP contribution in [0.15, 0.2) is 48.7 Å². The number of aromatic amines is 1. The summed E-state index contributed by atoms with van der Waals surface area (Å²) in [7, 11) is 0. The van der Waals surface area contributed by atoms with Gasteiger partial charge < -0.3 is 10.3 Å². The fourth-order valence-corrected chi connectivity index (χ4v) is 2.99. The van der Waals surface area contributed by atoms with E-state index in [1.807, 2.05) is 30.5 Å². The first kappa shape index (κ1) is 11.3. The van der Waals surface area contributed by atoms with Crippen molar-refractivity contribution in [3.63, 3.8) is 0 Å².